The summed E-state index contributed by atoms with van der Waals surface area (Å²) in [6.07, 6.45) is 0.720. The van der Waals surface area contributed by atoms with E-state index in [-0.39, 0.29) is 18.4 Å². The van der Waals surface area contributed by atoms with Gasteiger partial charge in [-0.3, -0.25) is 9.69 Å². The Hall–Kier alpha value is -3.13. The molecule has 1 saturated heterocycles. The Morgan fingerprint density at radius 3 is 2.79 bits per heavy atom. The lowest BCUT2D eigenvalue weighted by atomic mass is 10.2. The maximum Gasteiger partial charge on any atom is 0.344 e. The van der Waals surface area contributed by atoms with Gasteiger partial charge in [0.15, 0.2) is 11.5 Å². The third kappa shape index (κ3) is 2.60. The number of rotatable bonds is 4. The zero-order valence-corrected chi connectivity index (χ0v) is 15.5. The van der Waals surface area contributed by atoms with Crippen molar-refractivity contribution in [1.29, 1.82) is 0 Å². The van der Waals surface area contributed by atoms with Crippen LogP contribution < -0.4 is 4.90 Å². The molecule has 8 heteroatoms. The van der Waals surface area contributed by atoms with Crippen molar-refractivity contribution in [2.24, 2.45) is 0 Å². The van der Waals surface area contributed by atoms with Crippen molar-refractivity contribution < 1.29 is 18.7 Å². The van der Waals surface area contributed by atoms with E-state index in [1.165, 1.54) is 11.8 Å². The van der Waals surface area contributed by atoms with E-state index in [0.29, 0.717) is 18.7 Å². The Kier molecular flexibility index (Phi) is 3.94. The molecule has 1 unspecified atom stereocenters. The fraction of sp³-hybridized carbons (Fsp3) is 0.200. The number of carbonyl (C=O) groups excluding carboxylic acids is 2. The van der Waals surface area contributed by atoms with Crippen LogP contribution in [-0.4, -0.2) is 26.9 Å². The van der Waals surface area contributed by atoms with Gasteiger partial charge in [-0.1, -0.05) is 42.1 Å². The second kappa shape index (κ2) is 6.49. The van der Waals surface area contributed by atoms with Gasteiger partial charge in [-0.25, -0.2) is 4.79 Å². The Morgan fingerprint density at radius 2 is 1.93 bits per heavy atom. The van der Waals surface area contributed by atoms with Crippen molar-refractivity contribution in [2.75, 3.05) is 4.90 Å². The van der Waals surface area contributed by atoms with E-state index in [2.05, 4.69) is 10.2 Å². The van der Waals surface area contributed by atoms with Crippen LogP contribution in [-0.2, 0) is 20.9 Å². The molecule has 7 nitrogen and oxygen atoms in total. The largest absolute Gasteiger partial charge is 0.453 e. The second-order valence-electron chi connectivity index (χ2n) is 6.53. The molecule has 0 saturated carbocycles. The van der Waals surface area contributed by atoms with Gasteiger partial charge in [0, 0.05) is 23.3 Å². The molecule has 2 aliphatic rings. The molecule has 3 aromatic rings. The monoisotopic (exact) mass is 393 g/mol. The first-order valence-electron chi connectivity index (χ1n) is 8.83. The van der Waals surface area contributed by atoms with Crippen LogP contribution in [0.4, 0.5) is 5.69 Å². The van der Waals surface area contributed by atoms with Crippen LogP contribution in [0.2, 0.25) is 0 Å². The van der Waals surface area contributed by atoms with Crippen molar-refractivity contribution in [3.8, 4) is 11.5 Å². The van der Waals surface area contributed by atoms with Crippen molar-refractivity contribution in [3.05, 3.63) is 60.5 Å². The van der Waals surface area contributed by atoms with E-state index < -0.39 is 10.8 Å². The maximum atomic E-state index is 13.0. The SMILES string of the molecule is O=C1CCC2(C(=O)OCc3nnc(-c4ccccc4)o3)Sc3ccccc3N12. The highest BCUT2D eigenvalue weighted by atomic mass is 32.2. The van der Waals surface area contributed by atoms with E-state index in [1.807, 2.05) is 54.6 Å². The summed E-state index contributed by atoms with van der Waals surface area (Å²) in [6.45, 7) is -0.140. The van der Waals surface area contributed by atoms with E-state index >= 15 is 0 Å². The van der Waals surface area contributed by atoms with Crippen molar-refractivity contribution in [3.63, 3.8) is 0 Å². The molecule has 0 bridgehead atoms. The minimum atomic E-state index is -1.05. The summed E-state index contributed by atoms with van der Waals surface area (Å²) in [5.41, 5.74) is 1.55. The highest BCUT2D eigenvalue weighted by molar-refractivity contribution is 8.02. The molecule has 0 aliphatic carbocycles. The van der Waals surface area contributed by atoms with Gasteiger partial charge in [0.1, 0.15) is 0 Å². The van der Waals surface area contributed by atoms with Gasteiger partial charge in [0.05, 0.1) is 5.69 Å². The molecule has 0 N–H and O–H groups in total. The van der Waals surface area contributed by atoms with Gasteiger partial charge in [0.2, 0.25) is 11.8 Å². The quantitative estimate of drug-likeness (QED) is 0.628. The van der Waals surface area contributed by atoms with E-state index in [1.54, 1.807) is 4.90 Å². The lowest BCUT2D eigenvalue weighted by Gasteiger charge is -2.28. The first-order valence-corrected chi connectivity index (χ1v) is 9.65. The van der Waals surface area contributed by atoms with Crippen LogP contribution in [0, 0.1) is 0 Å². The first kappa shape index (κ1) is 17.0. The number of para-hydroxylation sites is 1. The van der Waals surface area contributed by atoms with Gasteiger partial charge in [-0.05, 0) is 24.3 Å². The van der Waals surface area contributed by atoms with Gasteiger partial charge < -0.3 is 9.15 Å². The molecule has 0 spiro atoms. The molecule has 1 amide bonds. The summed E-state index contributed by atoms with van der Waals surface area (Å²) >= 11 is 1.37. The number of nitrogens with zero attached hydrogens (tertiary/aromatic N) is 3. The maximum absolute atomic E-state index is 13.0. The molecule has 1 fully saturated rings. The topological polar surface area (TPSA) is 85.5 Å². The summed E-state index contributed by atoms with van der Waals surface area (Å²) in [6, 6.07) is 16.9. The van der Waals surface area contributed by atoms with Gasteiger partial charge in [-0.2, -0.15) is 0 Å². The highest BCUT2D eigenvalue weighted by Crippen LogP contribution is 2.56. The van der Waals surface area contributed by atoms with Crippen LogP contribution >= 0.6 is 11.8 Å². The minimum absolute atomic E-state index is 0.0708. The summed E-state index contributed by atoms with van der Waals surface area (Å²) in [4.78, 5) is 26.8. The number of thioether (sulfide) groups is 1. The Bertz CT molecular complexity index is 1070. The molecule has 1 aromatic heterocycles. The Labute approximate surface area is 164 Å². The lowest BCUT2D eigenvalue weighted by molar-refractivity contribution is -0.148. The zero-order valence-electron chi connectivity index (χ0n) is 14.7. The standard InChI is InChI=1S/C20H15N3O4S/c24-17-10-11-20(23(17)14-8-4-5-9-15(14)28-20)19(25)26-12-16-21-22-18(27-16)13-6-2-1-3-7-13/h1-9H,10-12H2. The van der Waals surface area contributed by atoms with Crippen LogP contribution in [0.5, 0.6) is 0 Å². The average Bonchev–Trinajstić information content (AvgIpc) is 3.41. The number of aromatic nitrogens is 2. The first-order chi connectivity index (χ1) is 13.7. The van der Waals surface area contributed by atoms with Crippen molar-refractivity contribution in [2.45, 2.75) is 29.2 Å². The van der Waals surface area contributed by atoms with Crippen LogP contribution in [0.1, 0.15) is 18.7 Å². The number of hydrogen-bond acceptors (Lipinski definition) is 7. The molecular weight excluding hydrogens is 378 g/mol. The van der Waals surface area contributed by atoms with Gasteiger partial charge in [0.25, 0.3) is 5.89 Å². The van der Waals surface area contributed by atoms with Crippen LogP contribution in [0.3, 0.4) is 0 Å². The van der Waals surface area contributed by atoms with Crippen molar-refractivity contribution in [1.82, 2.24) is 10.2 Å². The smallest absolute Gasteiger partial charge is 0.344 e. The average molecular weight is 393 g/mol. The predicted octanol–water partition coefficient (Wildman–Crippen LogP) is 3.41. The fourth-order valence-corrected chi connectivity index (χ4v) is 4.93. The predicted molar refractivity (Wildman–Crippen MR) is 101 cm³/mol. The van der Waals surface area contributed by atoms with E-state index in [4.69, 9.17) is 9.15 Å². The molecule has 0 radical (unpaired) electrons. The van der Waals surface area contributed by atoms with Gasteiger partial charge in [-0.15, -0.1) is 10.2 Å². The third-order valence-electron chi connectivity index (χ3n) is 4.81. The number of ether oxygens (including phenoxy) is 1. The van der Waals surface area contributed by atoms with Crippen LogP contribution in [0.25, 0.3) is 11.5 Å². The number of fused-ring (bicyclic) bond motifs is 3. The third-order valence-corrected chi connectivity index (χ3v) is 6.26. The summed E-state index contributed by atoms with van der Waals surface area (Å²) in [5, 5.41) is 7.94. The number of hydrogen-bond donors (Lipinski definition) is 0. The number of amides is 1. The highest BCUT2D eigenvalue weighted by Gasteiger charge is 2.58. The summed E-state index contributed by atoms with van der Waals surface area (Å²) < 4.78 is 11.1. The number of esters is 1. The summed E-state index contributed by atoms with van der Waals surface area (Å²) in [5.74, 6) is 0.0303. The Morgan fingerprint density at radius 1 is 1.14 bits per heavy atom. The number of benzene rings is 2. The minimum Gasteiger partial charge on any atom is -0.453 e. The lowest BCUT2D eigenvalue weighted by Crippen LogP contribution is -2.47. The molecule has 2 aliphatic heterocycles. The summed E-state index contributed by atoms with van der Waals surface area (Å²) in [7, 11) is 0. The molecule has 2 aromatic carbocycles. The fourth-order valence-electron chi connectivity index (χ4n) is 3.52. The van der Waals surface area contributed by atoms with E-state index in [0.717, 1.165) is 16.1 Å². The van der Waals surface area contributed by atoms with Crippen LogP contribution in [0.15, 0.2) is 63.9 Å². The number of carbonyl (C=O) groups is 2. The normalized spacial score (nSPS) is 20.1. The van der Waals surface area contributed by atoms with Crippen molar-refractivity contribution >= 4 is 29.3 Å². The molecule has 5 rings (SSSR count). The molecule has 140 valence electrons. The molecule has 1 atom stereocenters. The molecular formula is C20H15N3O4S. The van der Waals surface area contributed by atoms with Gasteiger partial charge >= 0.3 is 5.97 Å². The van der Waals surface area contributed by atoms with E-state index in [9.17, 15) is 9.59 Å². The molecule has 3 heterocycles. The molecule has 28 heavy (non-hydrogen) atoms. The zero-order chi connectivity index (χ0) is 19.1. The Balaban J connectivity index is 1.34. The number of anilines is 1. The second-order valence-corrected chi connectivity index (χ2v) is 7.85.